The van der Waals surface area contributed by atoms with Crippen LogP contribution < -0.4 is 4.74 Å². The lowest BCUT2D eigenvalue weighted by molar-refractivity contribution is -0.137. The lowest BCUT2D eigenvalue weighted by Gasteiger charge is -1.98. The van der Waals surface area contributed by atoms with E-state index in [1.54, 1.807) is 13.0 Å². The van der Waals surface area contributed by atoms with Crippen LogP contribution in [0.15, 0.2) is 24.3 Å². The molecule has 1 aliphatic rings. The predicted octanol–water partition coefficient (Wildman–Crippen LogP) is 2.16. The third-order valence-electron chi connectivity index (χ3n) is 2.25. The van der Waals surface area contributed by atoms with Crippen molar-refractivity contribution >= 4 is 11.5 Å². The normalized spacial score (nSPS) is 15.8. The SMILES string of the molecule is CCOC(=O)/C=C1\COc2cc(F)ccc21. The number of hydrogen-bond donors (Lipinski definition) is 0. The van der Waals surface area contributed by atoms with Crippen molar-refractivity contribution in [3.8, 4) is 5.75 Å². The second-order valence-electron chi connectivity index (χ2n) is 3.35. The summed E-state index contributed by atoms with van der Waals surface area (Å²) in [5, 5.41) is 0. The molecular formula is C12H11FO3. The number of esters is 1. The first-order valence-corrected chi connectivity index (χ1v) is 5.00. The molecule has 0 aliphatic carbocycles. The Hall–Kier alpha value is -1.84. The van der Waals surface area contributed by atoms with Gasteiger partial charge in [0.25, 0.3) is 0 Å². The number of rotatable bonds is 2. The van der Waals surface area contributed by atoms with Crippen molar-refractivity contribution in [3.63, 3.8) is 0 Å². The Labute approximate surface area is 92.5 Å². The van der Waals surface area contributed by atoms with Gasteiger partial charge in [-0.25, -0.2) is 9.18 Å². The summed E-state index contributed by atoms with van der Waals surface area (Å²) in [5.41, 5.74) is 1.46. The van der Waals surface area contributed by atoms with E-state index in [2.05, 4.69) is 0 Å². The van der Waals surface area contributed by atoms with E-state index in [9.17, 15) is 9.18 Å². The number of hydrogen-bond acceptors (Lipinski definition) is 3. The van der Waals surface area contributed by atoms with E-state index in [-0.39, 0.29) is 12.4 Å². The molecule has 84 valence electrons. The van der Waals surface area contributed by atoms with E-state index in [0.29, 0.717) is 17.9 Å². The second-order valence-corrected chi connectivity index (χ2v) is 3.35. The molecule has 3 nitrogen and oxygen atoms in total. The minimum absolute atomic E-state index is 0.275. The Kier molecular flexibility index (Phi) is 2.90. The van der Waals surface area contributed by atoms with Gasteiger partial charge in [0.15, 0.2) is 0 Å². The van der Waals surface area contributed by atoms with Gasteiger partial charge in [-0.15, -0.1) is 0 Å². The fourth-order valence-electron chi connectivity index (χ4n) is 1.56. The van der Waals surface area contributed by atoms with Crippen molar-refractivity contribution in [2.75, 3.05) is 13.2 Å². The van der Waals surface area contributed by atoms with Crippen molar-refractivity contribution in [1.29, 1.82) is 0 Å². The number of ether oxygens (including phenoxy) is 2. The third-order valence-corrected chi connectivity index (χ3v) is 2.25. The molecule has 4 heteroatoms. The maximum absolute atomic E-state index is 12.9. The van der Waals surface area contributed by atoms with Crippen LogP contribution in [-0.4, -0.2) is 19.2 Å². The zero-order valence-electron chi connectivity index (χ0n) is 8.83. The molecule has 0 bridgehead atoms. The summed E-state index contributed by atoms with van der Waals surface area (Å²) in [4.78, 5) is 11.2. The largest absolute Gasteiger partial charge is 0.488 e. The third kappa shape index (κ3) is 2.05. The minimum atomic E-state index is -0.404. The van der Waals surface area contributed by atoms with Gasteiger partial charge in [0.05, 0.1) is 6.61 Å². The molecule has 0 spiro atoms. The number of fused-ring (bicyclic) bond motifs is 1. The monoisotopic (exact) mass is 222 g/mol. The molecule has 0 atom stereocenters. The fraction of sp³-hybridized carbons (Fsp3) is 0.250. The summed E-state index contributed by atoms with van der Waals surface area (Å²) >= 11 is 0. The molecule has 1 aromatic carbocycles. The van der Waals surface area contributed by atoms with Crippen LogP contribution in [0.4, 0.5) is 4.39 Å². The van der Waals surface area contributed by atoms with E-state index in [4.69, 9.17) is 9.47 Å². The van der Waals surface area contributed by atoms with E-state index in [0.717, 1.165) is 5.56 Å². The maximum atomic E-state index is 12.9. The Bertz CT molecular complexity index is 452. The molecule has 0 aromatic heterocycles. The van der Waals surface area contributed by atoms with Crippen LogP contribution in [0.5, 0.6) is 5.75 Å². The first-order chi connectivity index (χ1) is 7.70. The highest BCUT2D eigenvalue weighted by Crippen LogP contribution is 2.33. The Balaban J connectivity index is 2.26. The standard InChI is InChI=1S/C12H11FO3/c1-2-15-12(14)5-8-7-16-11-6-9(13)3-4-10(8)11/h3-6H,2,7H2,1H3/b8-5+. The maximum Gasteiger partial charge on any atom is 0.331 e. The predicted molar refractivity (Wildman–Crippen MR) is 56.5 cm³/mol. The Morgan fingerprint density at radius 1 is 1.62 bits per heavy atom. The summed E-state index contributed by atoms with van der Waals surface area (Å²) in [6.07, 6.45) is 1.38. The number of benzene rings is 1. The Morgan fingerprint density at radius 2 is 2.44 bits per heavy atom. The Morgan fingerprint density at radius 3 is 3.19 bits per heavy atom. The van der Waals surface area contributed by atoms with Crippen LogP contribution in [-0.2, 0) is 9.53 Å². The van der Waals surface area contributed by atoms with Gasteiger partial charge in [-0.05, 0) is 19.1 Å². The van der Waals surface area contributed by atoms with Gasteiger partial charge in [-0.1, -0.05) is 0 Å². The van der Waals surface area contributed by atoms with Crippen molar-refractivity contribution in [1.82, 2.24) is 0 Å². The minimum Gasteiger partial charge on any atom is -0.488 e. The van der Waals surface area contributed by atoms with Crippen LogP contribution in [0.1, 0.15) is 12.5 Å². The average molecular weight is 222 g/mol. The van der Waals surface area contributed by atoms with E-state index in [1.807, 2.05) is 0 Å². The second kappa shape index (κ2) is 4.35. The molecule has 0 N–H and O–H groups in total. The molecule has 0 saturated carbocycles. The first-order valence-electron chi connectivity index (χ1n) is 5.00. The fourth-order valence-corrected chi connectivity index (χ4v) is 1.56. The highest BCUT2D eigenvalue weighted by atomic mass is 19.1. The molecular weight excluding hydrogens is 211 g/mol. The van der Waals surface area contributed by atoms with Crippen LogP contribution in [0, 0.1) is 5.82 Å². The smallest absolute Gasteiger partial charge is 0.331 e. The number of carbonyl (C=O) groups excluding carboxylic acids is 1. The summed E-state index contributed by atoms with van der Waals surface area (Å²) < 4.78 is 22.9. The summed E-state index contributed by atoms with van der Waals surface area (Å²) in [7, 11) is 0. The topological polar surface area (TPSA) is 35.5 Å². The van der Waals surface area contributed by atoms with Crippen molar-refractivity contribution in [3.05, 3.63) is 35.7 Å². The molecule has 1 aliphatic heterocycles. The molecule has 2 rings (SSSR count). The van der Waals surface area contributed by atoms with Gasteiger partial charge in [0.2, 0.25) is 0 Å². The van der Waals surface area contributed by atoms with E-state index < -0.39 is 5.97 Å². The van der Waals surface area contributed by atoms with Crippen LogP contribution in [0.25, 0.3) is 5.57 Å². The lowest BCUT2D eigenvalue weighted by Crippen LogP contribution is -2.01. The van der Waals surface area contributed by atoms with Gasteiger partial charge in [0.1, 0.15) is 18.2 Å². The van der Waals surface area contributed by atoms with Crippen molar-refractivity contribution < 1.29 is 18.7 Å². The zero-order valence-corrected chi connectivity index (χ0v) is 8.83. The van der Waals surface area contributed by atoms with Crippen LogP contribution in [0.3, 0.4) is 0 Å². The van der Waals surface area contributed by atoms with E-state index in [1.165, 1.54) is 18.2 Å². The van der Waals surface area contributed by atoms with Gasteiger partial charge in [-0.3, -0.25) is 0 Å². The summed E-state index contributed by atoms with van der Waals surface area (Å²) in [5.74, 6) is -0.287. The molecule has 0 saturated heterocycles. The molecule has 0 unspecified atom stereocenters. The van der Waals surface area contributed by atoms with Crippen molar-refractivity contribution in [2.24, 2.45) is 0 Å². The van der Waals surface area contributed by atoms with Gasteiger partial charge in [0, 0.05) is 23.3 Å². The summed E-state index contributed by atoms with van der Waals surface area (Å²) in [6, 6.07) is 4.25. The van der Waals surface area contributed by atoms with Gasteiger partial charge in [-0.2, -0.15) is 0 Å². The van der Waals surface area contributed by atoms with Gasteiger partial charge >= 0.3 is 5.97 Å². The lowest BCUT2D eigenvalue weighted by atomic mass is 10.1. The van der Waals surface area contributed by atoms with Crippen LogP contribution in [0.2, 0.25) is 0 Å². The average Bonchev–Trinajstić information content (AvgIpc) is 2.61. The molecule has 0 radical (unpaired) electrons. The van der Waals surface area contributed by atoms with Crippen LogP contribution >= 0.6 is 0 Å². The first kappa shape index (κ1) is 10.7. The number of halogens is 1. The highest BCUT2D eigenvalue weighted by Gasteiger charge is 2.19. The highest BCUT2D eigenvalue weighted by molar-refractivity contribution is 5.93. The van der Waals surface area contributed by atoms with Gasteiger partial charge < -0.3 is 9.47 Å². The zero-order chi connectivity index (χ0) is 11.5. The van der Waals surface area contributed by atoms with Crippen molar-refractivity contribution in [2.45, 2.75) is 6.92 Å². The molecule has 0 amide bonds. The molecule has 1 heterocycles. The number of carbonyl (C=O) groups is 1. The molecule has 1 aromatic rings. The summed E-state index contributed by atoms with van der Waals surface area (Å²) in [6.45, 7) is 2.35. The quantitative estimate of drug-likeness (QED) is 0.568. The van der Waals surface area contributed by atoms with E-state index >= 15 is 0 Å². The molecule has 0 fully saturated rings. The molecule has 16 heavy (non-hydrogen) atoms.